The lowest BCUT2D eigenvalue weighted by atomic mass is 10.2. The summed E-state index contributed by atoms with van der Waals surface area (Å²) in [5.41, 5.74) is 0.854. The van der Waals surface area contributed by atoms with Crippen molar-refractivity contribution in [2.75, 3.05) is 46.3 Å². The summed E-state index contributed by atoms with van der Waals surface area (Å²) in [6.07, 6.45) is 0. The van der Waals surface area contributed by atoms with E-state index in [9.17, 15) is 0 Å². The monoisotopic (exact) mass is 266 g/mol. The molecule has 2 rings (SSSR count). The molecule has 6 nitrogen and oxygen atoms in total. The number of methoxy groups -OCH3 is 3. The van der Waals surface area contributed by atoms with Gasteiger partial charge < -0.3 is 24.3 Å². The minimum atomic E-state index is 0.540. The molecule has 1 aliphatic rings. The number of benzene rings is 1. The normalized spacial score (nSPS) is 13.5. The van der Waals surface area contributed by atoms with Crippen LogP contribution in [0, 0.1) is 0 Å². The number of hydrogen-bond acceptors (Lipinski definition) is 6. The first kappa shape index (κ1) is 13.3. The SMILES string of the molecule is COc1cc(NCC2=NCCO2)cc(OC)c1OC. The molecule has 19 heavy (non-hydrogen) atoms. The molecule has 1 aliphatic heterocycles. The number of aliphatic imine (C=N–C) groups is 1. The third kappa shape index (κ3) is 3.01. The summed E-state index contributed by atoms with van der Waals surface area (Å²) in [5, 5.41) is 3.22. The second kappa shape index (κ2) is 6.17. The summed E-state index contributed by atoms with van der Waals surface area (Å²) in [6.45, 7) is 1.93. The van der Waals surface area contributed by atoms with Gasteiger partial charge in [-0.15, -0.1) is 0 Å². The number of nitrogens with one attached hydrogen (secondary N) is 1. The largest absolute Gasteiger partial charge is 0.493 e. The zero-order valence-corrected chi connectivity index (χ0v) is 11.4. The summed E-state index contributed by atoms with van der Waals surface area (Å²) < 4.78 is 21.2. The van der Waals surface area contributed by atoms with Crippen molar-refractivity contribution in [1.82, 2.24) is 0 Å². The van der Waals surface area contributed by atoms with E-state index in [2.05, 4.69) is 10.3 Å². The van der Waals surface area contributed by atoms with E-state index >= 15 is 0 Å². The molecular formula is C13H18N2O4. The van der Waals surface area contributed by atoms with Gasteiger partial charge in [0.05, 0.1) is 34.4 Å². The van der Waals surface area contributed by atoms with E-state index in [1.165, 1.54) is 0 Å². The first-order valence-corrected chi connectivity index (χ1v) is 5.98. The van der Waals surface area contributed by atoms with Crippen LogP contribution in [0.5, 0.6) is 17.2 Å². The van der Waals surface area contributed by atoms with E-state index in [4.69, 9.17) is 18.9 Å². The molecular weight excluding hydrogens is 248 g/mol. The average molecular weight is 266 g/mol. The van der Waals surface area contributed by atoms with E-state index < -0.39 is 0 Å². The Labute approximate surface area is 112 Å². The Hall–Kier alpha value is -2.11. The smallest absolute Gasteiger partial charge is 0.203 e. The standard InChI is InChI=1S/C13H18N2O4/c1-16-10-6-9(7-11(17-2)13(10)18-3)15-8-12-14-4-5-19-12/h6-7,15H,4-5,8H2,1-3H3. The van der Waals surface area contributed by atoms with Gasteiger partial charge in [0.25, 0.3) is 0 Å². The summed E-state index contributed by atoms with van der Waals surface area (Å²) in [6, 6.07) is 3.69. The molecule has 0 bridgehead atoms. The fraction of sp³-hybridized carbons (Fsp3) is 0.462. The van der Waals surface area contributed by atoms with Crippen LogP contribution in [0.2, 0.25) is 0 Å². The predicted molar refractivity (Wildman–Crippen MR) is 72.8 cm³/mol. The summed E-state index contributed by atoms with van der Waals surface area (Å²) in [4.78, 5) is 4.21. The molecule has 1 N–H and O–H groups in total. The second-order valence-corrected chi connectivity index (χ2v) is 3.89. The van der Waals surface area contributed by atoms with Crippen molar-refractivity contribution in [1.29, 1.82) is 0 Å². The Bertz CT molecular complexity index is 449. The van der Waals surface area contributed by atoms with Crippen molar-refractivity contribution in [3.05, 3.63) is 12.1 Å². The zero-order valence-electron chi connectivity index (χ0n) is 11.4. The maximum absolute atomic E-state index is 5.33. The van der Waals surface area contributed by atoms with Crippen LogP contribution in [0.3, 0.4) is 0 Å². The zero-order chi connectivity index (χ0) is 13.7. The van der Waals surface area contributed by atoms with Gasteiger partial charge in [0.2, 0.25) is 11.6 Å². The number of nitrogens with zero attached hydrogens (tertiary/aromatic N) is 1. The minimum absolute atomic E-state index is 0.540. The number of ether oxygens (including phenoxy) is 4. The summed E-state index contributed by atoms with van der Waals surface area (Å²) in [5.74, 6) is 2.51. The average Bonchev–Trinajstić information content (AvgIpc) is 2.97. The first-order chi connectivity index (χ1) is 9.28. The van der Waals surface area contributed by atoms with Crippen molar-refractivity contribution >= 4 is 11.6 Å². The van der Waals surface area contributed by atoms with Gasteiger partial charge in [0.15, 0.2) is 11.5 Å². The molecule has 1 aromatic carbocycles. The second-order valence-electron chi connectivity index (χ2n) is 3.89. The maximum Gasteiger partial charge on any atom is 0.203 e. The molecule has 104 valence electrons. The Morgan fingerprint density at radius 3 is 2.32 bits per heavy atom. The molecule has 0 atom stereocenters. The summed E-state index contributed by atoms with van der Waals surface area (Å²) >= 11 is 0. The van der Waals surface area contributed by atoms with Crippen molar-refractivity contribution in [2.24, 2.45) is 4.99 Å². The molecule has 0 saturated carbocycles. The van der Waals surface area contributed by atoms with E-state index in [0.29, 0.717) is 36.3 Å². The fourth-order valence-corrected chi connectivity index (χ4v) is 1.85. The molecule has 0 aromatic heterocycles. The number of rotatable bonds is 6. The first-order valence-electron chi connectivity index (χ1n) is 5.98. The van der Waals surface area contributed by atoms with E-state index in [1.807, 2.05) is 12.1 Å². The molecule has 0 aliphatic carbocycles. The van der Waals surface area contributed by atoms with Crippen LogP contribution in [0.1, 0.15) is 0 Å². The van der Waals surface area contributed by atoms with E-state index in [1.54, 1.807) is 21.3 Å². The molecule has 6 heteroatoms. The highest BCUT2D eigenvalue weighted by Gasteiger charge is 2.14. The molecule has 0 unspecified atom stereocenters. The third-order valence-corrected chi connectivity index (χ3v) is 2.76. The van der Waals surface area contributed by atoms with Gasteiger partial charge in [-0.25, -0.2) is 0 Å². The van der Waals surface area contributed by atoms with Crippen molar-refractivity contribution in [3.8, 4) is 17.2 Å². The minimum Gasteiger partial charge on any atom is -0.493 e. The van der Waals surface area contributed by atoms with Crippen LogP contribution in [-0.2, 0) is 4.74 Å². The Kier molecular flexibility index (Phi) is 4.33. The summed E-state index contributed by atoms with van der Waals surface area (Å²) in [7, 11) is 4.76. The Morgan fingerprint density at radius 1 is 1.16 bits per heavy atom. The van der Waals surface area contributed by atoms with Crippen LogP contribution in [-0.4, -0.2) is 46.9 Å². The highest BCUT2D eigenvalue weighted by atomic mass is 16.5. The maximum atomic E-state index is 5.33. The lowest BCUT2D eigenvalue weighted by Crippen LogP contribution is -2.14. The van der Waals surface area contributed by atoms with Crippen LogP contribution in [0.4, 0.5) is 5.69 Å². The van der Waals surface area contributed by atoms with Gasteiger partial charge in [0, 0.05) is 17.8 Å². The highest BCUT2D eigenvalue weighted by molar-refractivity contribution is 5.82. The number of anilines is 1. The topological polar surface area (TPSA) is 61.3 Å². The van der Waals surface area contributed by atoms with Crippen LogP contribution >= 0.6 is 0 Å². The van der Waals surface area contributed by atoms with Crippen molar-refractivity contribution < 1.29 is 18.9 Å². The highest BCUT2D eigenvalue weighted by Crippen LogP contribution is 2.39. The van der Waals surface area contributed by atoms with Crippen LogP contribution in [0.25, 0.3) is 0 Å². The van der Waals surface area contributed by atoms with Crippen molar-refractivity contribution in [2.45, 2.75) is 0 Å². The Balaban J connectivity index is 2.15. The van der Waals surface area contributed by atoms with Gasteiger partial charge in [0.1, 0.15) is 6.61 Å². The van der Waals surface area contributed by atoms with Gasteiger partial charge in [-0.3, -0.25) is 4.99 Å². The van der Waals surface area contributed by atoms with E-state index in [0.717, 1.165) is 12.2 Å². The molecule has 0 radical (unpaired) electrons. The number of hydrogen-bond donors (Lipinski definition) is 1. The third-order valence-electron chi connectivity index (χ3n) is 2.76. The molecule has 1 aromatic rings. The van der Waals surface area contributed by atoms with Gasteiger partial charge in [-0.2, -0.15) is 0 Å². The molecule has 0 saturated heterocycles. The van der Waals surface area contributed by atoms with Gasteiger partial charge in [-0.1, -0.05) is 0 Å². The molecule has 1 heterocycles. The van der Waals surface area contributed by atoms with Gasteiger partial charge in [-0.05, 0) is 0 Å². The van der Waals surface area contributed by atoms with Crippen molar-refractivity contribution in [3.63, 3.8) is 0 Å². The quantitative estimate of drug-likeness (QED) is 0.846. The molecule has 0 amide bonds. The fourth-order valence-electron chi connectivity index (χ4n) is 1.85. The predicted octanol–water partition coefficient (Wildman–Crippen LogP) is 1.55. The van der Waals surface area contributed by atoms with Crippen LogP contribution < -0.4 is 19.5 Å². The molecule has 0 fully saturated rings. The Morgan fingerprint density at radius 2 is 1.84 bits per heavy atom. The lowest BCUT2D eigenvalue weighted by molar-refractivity contribution is 0.324. The van der Waals surface area contributed by atoms with Crippen LogP contribution in [0.15, 0.2) is 17.1 Å². The lowest BCUT2D eigenvalue weighted by Gasteiger charge is -2.15. The van der Waals surface area contributed by atoms with E-state index in [-0.39, 0.29) is 0 Å². The van der Waals surface area contributed by atoms with Gasteiger partial charge >= 0.3 is 0 Å². The molecule has 0 spiro atoms.